The third-order valence-electron chi connectivity index (χ3n) is 4.22. The highest BCUT2D eigenvalue weighted by molar-refractivity contribution is 5.89. The summed E-state index contributed by atoms with van der Waals surface area (Å²) in [6.07, 6.45) is 1.88. The molecule has 0 aliphatic carbocycles. The van der Waals surface area contributed by atoms with E-state index in [4.69, 9.17) is 5.11 Å². The van der Waals surface area contributed by atoms with Gasteiger partial charge < -0.3 is 15.3 Å². The minimum absolute atomic E-state index is 0.0218. The molecule has 7 nitrogen and oxygen atoms in total. The van der Waals surface area contributed by atoms with Gasteiger partial charge in [-0.15, -0.1) is 0 Å². The molecule has 2 amide bonds. The lowest BCUT2D eigenvalue weighted by Gasteiger charge is -2.22. The zero-order chi connectivity index (χ0) is 18.4. The van der Waals surface area contributed by atoms with Gasteiger partial charge in [-0.1, -0.05) is 24.3 Å². The van der Waals surface area contributed by atoms with Crippen LogP contribution < -0.4 is 5.32 Å². The van der Waals surface area contributed by atoms with Gasteiger partial charge in [0.05, 0.1) is 18.9 Å². The normalized spacial score (nSPS) is 16.5. The Morgan fingerprint density at radius 2 is 1.72 bits per heavy atom. The number of carbonyl (C=O) groups is 4. The molecule has 0 bridgehead atoms. The number of hydrogen-bond donors (Lipinski definition) is 2. The van der Waals surface area contributed by atoms with Gasteiger partial charge in [-0.25, -0.2) is 0 Å². The highest BCUT2D eigenvalue weighted by Crippen LogP contribution is 2.19. The summed E-state index contributed by atoms with van der Waals surface area (Å²) in [7, 11) is 0. The van der Waals surface area contributed by atoms with Crippen molar-refractivity contribution in [2.45, 2.75) is 38.6 Å². The summed E-state index contributed by atoms with van der Waals surface area (Å²) >= 11 is 0. The Morgan fingerprint density at radius 1 is 1.12 bits per heavy atom. The summed E-state index contributed by atoms with van der Waals surface area (Å²) in [6.45, 7) is 1.73. The highest BCUT2D eigenvalue weighted by Gasteiger charge is 2.31. The molecule has 0 aromatic heterocycles. The van der Waals surface area contributed by atoms with Crippen molar-refractivity contribution in [3.8, 4) is 0 Å². The minimum Gasteiger partial charge on any atom is -0.480 e. The number of likely N-dealkylation sites (tertiary alicyclic amines) is 1. The molecular weight excluding hydrogens is 324 g/mol. The number of rotatable bonds is 7. The maximum absolute atomic E-state index is 12.4. The molecule has 1 aliphatic rings. The summed E-state index contributed by atoms with van der Waals surface area (Å²) in [6, 6.07) is 6.74. The van der Waals surface area contributed by atoms with E-state index < -0.39 is 12.5 Å². The molecule has 0 spiro atoms. The van der Waals surface area contributed by atoms with E-state index in [1.807, 2.05) is 0 Å². The van der Waals surface area contributed by atoms with Crippen molar-refractivity contribution >= 4 is 23.6 Å². The third kappa shape index (κ3) is 5.41. The lowest BCUT2D eigenvalue weighted by molar-refractivity contribution is -0.137. The quantitative estimate of drug-likeness (QED) is 0.750. The van der Waals surface area contributed by atoms with Crippen LogP contribution in [0, 0.1) is 0 Å². The first-order valence-corrected chi connectivity index (χ1v) is 8.23. The van der Waals surface area contributed by atoms with Gasteiger partial charge in [0.15, 0.2) is 5.78 Å². The van der Waals surface area contributed by atoms with Crippen LogP contribution in [-0.4, -0.2) is 52.7 Å². The van der Waals surface area contributed by atoms with Crippen molar-refractivity contribution in [1.82, 2.24) is 10.2 Å². The van der Waals surface area contributed by atoms with E-state index in [2.05, 4.69) is 5.32 Å². The number of nitrogens with zero attached hydrogens (tertiary/aromatic N) is 1. The van der Waals surface area contributed by atoms with E-state index in [-0.39, 0.29) is 36.5 Å². The zero-order valence-electron chi connectivity index (χ0n) is 14.2. The van der Waals surface area contributed by atoms with E-state index in [1.54, 1.807) is 29.2 Å². The number of Topliss-reactive ketones (excluding diaryl/α,β-unsaturated/α-hetero) is 1. The predicted molar refractivity (Wildman–Crippen MR) is 89.9 cm³/mol. The highest BCUT2D eigenvalue weighted by atomic mass is 16.4. The van der Waals surface area contributed by atoms with Crippen molar-refractivity contribution in [2.75, 3.05) is 13.1 Å². The van der Waals surface area contributed by atoms with Gasteiger partial charge in [-0.3, -0.25) is 19.2 Å². The van der Waals surface area contributed by atoms with Gasteiger partial charge >= 0.3 is 5.97 Å². The van der Waals surface area contributed by atoms with Gasteiger partial charge in [-0.2, -0.15) is 0 Å². The maximum Gasteiger partial charge on any atom is 0.322 e. The van der Waals surface area contributed by atoms with Crippen molar-refractivity contribution in [2.24, 2.45) is 0 Å². The molecule has 1 saturated heterocycles. The molecule has 7 heteroatoms. The van der Waals surface area contributed by atoms with Crippen molar-refractivity contribution in [3.63, 3.8) is 0 Å². The molecule has 1 unspecified atom stereocenters. The second kappa shape index (κ2) is 8.41. The molecule has 1 atom stereocenters. The Labute approximate surface area is 146 Å². The largest absolute Gasteiger partial charge is 0.480 e. The molecule has 1 heterocycles. The van der Waals surface area contributed by atoms with Crippen LogP contribution in [0.1, 0.15) is 30.9 Å². The molecule has 2 N–H and O–H groups in total. The Kier molecular flexibility index (Phi) is 6.27. The van der Waals surface area contributed by atoms with E-state index in [9.17, 15) is 19.2 Å². The average Bonchev–Trinajstić information content (AvgIpc) is 3.05. The second-order valence-corrected chi connectivity index (χ2v) is 6.20. The zero-order valence-corrected chi connectivity index (χ0v) is 14.2. The van der Waals surface area contributed by atoms with E-state index in [0.29, 0.717) is 6.54 Å². The topological polar surface area (TPSA) is 104 Å². The van der Waals surface area contributed by atoms with Gasteiger partial charge in [0, 0.05) is 6.54 Å². The summed E-state index contributed by atoms with van der Waals surface area (Å²) < 4.78 is 0. The van der Waals surface area contributed by atoms with Gasteiger partial charge in [-0.05, 0) is 30.9 Å². The number of carboxylic acids is 1. The SMILES string of the molecule is CC(=O)C1CCCN1C(=O)Cc1ccc(CC(=O)NCC(=O)O)cc1. The Balaban J connectivity index is 1.89. The smallest absolute Gasteiger partial charge is 0.322 e. The van der Waals surface area contributed by atoms with E-state index in [0.717, 1.165) is 24.0 Å². The van der Waals surface area contributed by atoms with Crippen LogP contribution in [-0.2, 0) is 32.0 Å². The van der Waals surface area contributed by atoms with Gasteiger partial charge in [0.2, 0.25) is 11.8 Å². The summed E-state index contributed by atoms with van der Waals surface area (Å²) in [5, 5.41) is 10.8. The van der Waals surface area contributed by atoms with Crippen LogP contribution in [0.2, 0.25) is 0 Å². The molecule has 134 valence electrons. The number of nitrogens with one attached hydrogen (secondary N) is 1. The second-order valence-electron chi connectivity index (χ2n) is 6.20. The van der Waals surface area contributed by atoms with Crippen LogP contribution in [0.3, 0.4) is 0 Å². The van der Waals surface area contributed by atoms with Crippen LogP contribution in [0.4, 0.5) is 0 Å². The first kappa shape index (κ1) is 18.6. The summed E-state index contributed by atoms with van der Waals surface area (Å²) in [5.41, 5.74) is 1.55. The standard InChI is InChI=1S/C18H22N2O5/c1-12(21)15-3-2-8-20(15)17(23)10-14-6-4-13(5-7-14)9-16(22)19-11-18(24)25/h4-7,15H,2-3,8-11H2,1H3,(H,19,22)(H,24,25). The van der Waals surface area contributed by atoms with Crippen molar-refractivity contribution in [1.29, 1.82) is 0 Å². The third-order valence-corrected chi connectivity index (χ3v) is 4.22. The fourth-order valence-electron chi connectivity index (χ4n) is 2.96. The Hall–Kier alpha value is -2.70. The average molecular weight is 346 g/mol. The molecule has 25 heavy (non-hydrogen) atoms. The first-order valence-electron chi connectivity index (χ1n) is 8.23. The Bertz CT molecular complexity index is 669. The molecule has 1 aromatic carbocycles. The summed E-state index contributed by atoms with van der Waals surface area (Å²) in [5.74, 6) is -1.50. The maximum atomic E-state index is 12.4. The molecule has 1 aromatic rings. The van der Waals surface area contributed by atoms with Crippen LogP contribution in [0.15, 0.2) is 24.3 Å². The lowest BCUT2D eigenvalue weighted by atomic mass is 10.1. The van der Waals surface area contributed by atoms with E-state index >= 15 is 0 Å². The number of hydrogen-bond acceptors (Lipinski definition) is 4. The van der Waals surface area contributed by atoms with Gasteiger partial charge in [0.25, 0.3) is 0 Å². The van der Waals surface area contributed by atoms with E-state index in [1.165, 1.54) is 6.92 Å². The number of amides is 2. The molecule has 0 radical (unpaired) electrons. The van der Waals surface area contributed by atoms with Crippen molar-refractivity contribution < 1.29 is 24.3 Å². The number of carbonyl (C=O) groups excluding carboxylic acids is 3. The monoisotopic (exact) mass is 346 g/mol. The first-order chi connectivity index (χ1) is 11.9. The molecule has 1 aliphatic heterocycles. The fourth-order valence-corrected chi connectivity index (χ4v) is 2.96. The number of carboxylic acid groups (broad SMARTS) is 1. The van der Waals surface area contributed by atoms with Crippen LogP contribution in [0.5, 0.6) is 0 Å². The molecule has 1 fully saturated rings. The van der Waals surface area contributed by atoms with Crippen LogP contribution >= 0.6 is 0 Å². The molecule has 0 saturated carbocycles. The number of aliphatic carboxylic acids is 1. The van der Waals surface area contributed by atoms with Gasteiger partial charge in [0.1, 0.15) is 6.54 Å². The van der Waals surface area contributed by atoms with Crippen molar-refractivity contribution in [3.05, 3.63) is 35.4 Å². The number of benzene rings is 1. The minimum atomic E-state index is -1.09. The fraction of sp³-hybridized carbons (Fsp3) is 0.444. The Morgan fingerprint density at radius 3 is 2.28 bits per heavy atom. The predicted octanol–water partition coefficient (Wildman–Crippen LogP) is 0.552. The number of ketones is 1. The molecular formula is C18H22N2O5. The summed E-state index contributed by atoms with van der Waals surface area (Å²) in [4.78, 5) is 47.6. The molecule has 2 rings (SSSR count). The van der Waals surface area contributed by atoms with Crippen LogP contribution in [0.25, 0.3) is 0 Å². The lowest BCUT2D eigenvalue weighted by Crippen LogP contribution is -2.40.